The molecule has 3 heterocycles. The molecular weight excluding hydrogens is 469 g/mol. The number of nitrogens with zero attached hydrogens (tertiary/aromatic N) is 5. The van der Waals surface area contributed by atoms with E-state index < -0.39 is 29.8 Å². The first-order valence-corrected chi connectivity index (χ1v) is 10.5. The average Bonchev–Trinajstić information content (AvgIpc) is 3.09. The minimum absolute atomic E-state index is 0.0285. The van der Waals surface area contributed by atoms with Crippen LogP contribution in [0.1, 0.15) is 39.4 Å². The molecule has 0 aliphatic carbocycles. The van der Waals surface area contributed by atoms with Crippen LogP contribution >= 0.6 is 11.6 Å². The molecule has 3 aromatic heterocycles. The molecule has 3 aromatic rings. The summed E-state index contributed by atoms with van der Waals surface area (Å²) < 4.78 is 25.7. The molecule has 0 saturated carbocycles. The molecule has 34 heavy (non-hydrogen) atoms. The summed E-state index contributed by atoms with van der Waals surface area (Å²) in [6.07, 6.45) is 0.107. The van der Waals surface area contributed by atoms with E-state index in [-0.39, 0.29) is 22.1 Å². The van der Waals surface area contributed by atoms with Gasteiger partial charge >= 0.3 is 12.2 Å². The van der Waals surface area contributed by atoms with Gasteiger partial charge in [-0.3, -0.25) is 15.6 Å². The van der Waals surface area contributed by atoms with Crippen LogP contribution in [-0.4, -0.2) is 42.7 Å². The summed E-state index contributed by atoms with van der Waals surface area (Å²) in [5.41, 5.74) is 0.420. The normalized spacial score (nSPS) is 12.1. The van der Waals surface area contributed by atoms with Gasteiger partial charge in [-0.05, 0) is 45.9 Å². The topological polar surface area (TPSA) is 133 Å². The van der Waals surface area contributed by atoms with Crippen molar-refractivity contribution >= 4 is 35.3 Å². The van der Waals surface area contributed by atoms with E-state index in [0.29, 0.717) is 11.4 Å². The zero-order chi connectivity index (χ0) is 25.0. The number of rotatable bonds is 5. The van der Waals surface area contributed by atoms with Crippen molar-refractivity contribution in [1.82, 2.24) is 25.0 Å². The van der Waals surface area contributed by atoms with Gasteiger partial charge in [0.15, 0.2) is 11.5 Å². The maximum Gasteiger partial charge on any atom is 0.413 e. The standard InChI is InChI=1S/C21H23ClFN7O4/c1-11(14-8-12(22)9-25-17(14)23)33-19(31)27-18-16(28-29-30(18)5)15-7-6-13(10-24-15)26-20(32)34-21(2,3)4/h6-11H,1-5H3,(H,26,32)(H,27,31)/t11-/m1/s1. The van der Waals surface area contributed by atoms with Crippen LogP contribution in [0.3, 0.4) is 0 Å². The molecule has 3 rings (SSSR count). The first-order valence-electron chi connectivity index (χ1n) is 10.1. The lowest BCUT2D eigenvalue weighted by Gasteiger charge is -2.19. The average molecular weight is 492 g/mol. The Balaban J connectivity index is 1.70. The highest BCUT2D eigenvalue weighted by atomic mass is 35.5. The van der Waals surface area contributed by atoms with E-state index in [1.807, 2.05) is 0 Å². The Hall–Kier alpha value is -3.80. The maximum atomic E-state index is 13.9. The highest BCUT2D eigenvalue weighted by Gasteiger charge is 2.22. The first-order chi connectivity index (χ1) is 15.9. The number of carbonyl (C=O) groups excluding carboxylic acids is 2. The number of hydrogen-bond acceptors (Lipinski definition) is 8. The summed E-state index contributed by atoms with van der Waals surface area (Å²) in [6, 6.07) is 4.51. The van der Waals surface area contributed by atoms with Crippen molar-refractivity contribution in [1.29, 1.82) is 0 Å². The second-order valence-electron chi connectivity index (χ2n) is 8.18. The van der Waals surface area contributed by atoms with Gasteiger partial charge in [-0.1, -0.05) is 16.8 Å². The third kappa shape index (κ3) is 6.38. The number of halogens is 2. The quantitative estimate of drug-likeness (QED) is 0.490. The van der Waals surface area contributed by atoms with Crippen molar-refractivity contribution in [3.63, 3.8) is 0 Å². The molecule has 0 unspecified atom stereocenters. The predicted octanol–water partition coefficient (Wildman–Crippen LogP) is 4.72. The zero-order valence-corrected chi connectivity index (χ0v) is 19.8. The summed E-state index contributed by atoms with van der Waals surface area (Å²) in [7, 11) is 1.56. The number of hydrogen-bond donors (Lipinski definition) is 2. The smallest absolute Gasteiger partial charge is 0.413 e. The number of amides is 2. The fourth-order valence-corrected chi connectivity index (χ4v) is 2.94. The Kier molecular flexibility index (Phi) is 7.30. The van der Waals surface area contributed by atoms with Crippen LogP contribution in [0.2, 0.25) is 5.02 Å². The first kappa shape index (κ1) is 24.8. The maximum absolute atomic E-state index is 13.9. The van der Waals surface area contributed by atoms with Crippen LogP contribution in [0.4, 0.5) is 25.5 Å². The molecule has 13 heteroatoms. The van der Waals surface area contributed by atoms with Crippen LogP contribution in [0.15, 0.2) is 30.6 Å². The van der Waals surface area contributed by atoms with Gasteiger partial charge in [0, 0.05) is 18.8 Å². The van der Waals surface area contributed by atoms with E-state index in [1.165, 1.54) is 23.9 Å². The molecule has 0 aliphatic rings. The van der Waals surface area contributed by atoms with E-state index in [0.717, 1.165) is 6.20 Å². The van der Waals surface area contributed by atoms with E-state index in [2.05, 4.69) is 30.9 Å². The highest BCUT2D eigenvalue weighted by Crippen LogP contribution is 2.26. The summed E-state index contributed by atoms with van der Waals surface area (Å²) in [4.78, 5) is 32.1. The molecule has 0 radical (unpaired) electrons. The van der Waals surface area contributed by atoms with Crippen molar-refractivity contribution in [3.05, 3.63) is 47.1 Å². The molecule has 0 fully saturated rings. The molecular formula is C21H23ClFN7O4. The Bertz CT molecular complexity index is 1190. The fraction of sp³-hybridized carbons (Fsp3) is 0.333. The van der Waals surface area contributed by atoms with Crippen molar-refractivity contribution in [2.75, 3.05) is 10.6 Å². The molecule has 11 nitrogen and oxygen atoms in total. The summed E-state index contributed by atoms with van der Waals surface area (Å²) in [5, 5.41) is 13.2. The van der Waals surface area contributed by atoms with Crippen molar-refractivity contribution < 1.29 is 23.5 Å². The predicted molar refractivity (Wildman–Crippen MR) is 122 cm³/mol. The van der Waals surface area contributed by atoms with Gasteiger partial charge in [0.1, 0.15) is 11.7 Å². The molecule has 180 valence electrons. The Morgan fingerprint density at radius 1 is 1.15 bits per heavy atom. The molecule has 0 spiro atoms. The van der Waals surface area contributed by atoms with Gasteiger partial charge in [-0.2, -0.15) is 4.39 Å². The van der Waals surface area contributed by atoms with Crippen molar-refractivity contribution in [3.8, 4) is 11.4 Å². The van der Waals surface area contributed by atoms with Crippen LogP contribution in [0, 0.1) is 5.95 Å². The molecule has 0 aliphatic heterocycles. The van der Waals surface area contributed by atoms with Gasteiger partial charge in [-0.25, -0.2) is 19.3 Å². The largest absolute Gasteiger partial charge is 0.444 e. The number of anilines is 2. The lowest BCUT2D eigenvalue weighted by atomic mass is 10.2. The zero-order valence-electron chi connectivity index (χ0n) is 19.1. The van der Waals surface area contributed by atoms with E-state index >= 15 is 0 Å². The third-order valence-electron chi connectivity index (χ3n) is 4.25. The molecule has 2 N–H and O–H groups in total. The van der Waals surface area contributed by atoms with Crippen molar-refractivity contribution in [2.24, 2.45) is 7.05 Å². The monoisotopic (exact) mass is 491 g/mol. The second kappa shape index (κ2) is 10.00. The van der Waals surface area contributed by atoms with Crippen LogP contribution < -0.4 is 10.6 Å². The SMILES string of the molecule is C[C@@H](OC(=O)Nc1c(-c2ccc(NC(=O)OC(C)(C)C)cn2)nnn1C)c1cc(Cl)cnc1F. The van der Waals surface area contributed by atoms with Crippen LogP contribution in [-0.2, 0) is 16.5 Å². The van der Waals surface area contributed by atoms with Gasteiger partial charge < -0.3 is 9.47 Å². The molecule has 1 atom stereocenters. The van der Waals surface area contributed by atoms with E-state index in [1.54, 1.807) is 40.0 Å². The number of aryl methyl sites for hydroxylation is 1. The molecule has 0 bridgehead atoms. The molecule has 0 saturated heterocycles. The van der Waals surface area contributed by atoms with Gasteiger partial charge in [0.2, 0.25) is 5.95 Å². The lowest BCUT2D eigenvalue weighted by Crippen LogP contribution is -2.27. The number of carbonyl (C=O) groups is 2. The number of aromatic nitrogens is 5. The van der Waals surface area contributed by atoms with Gasteiger partial charge in [-0.15, -0.1) is 5.10 Å². The number of nitrogens with one attached hydrogen (secondary N) is 2. The van der Waals surface area contributed by atoms with Gasteiger partial charge in [0.25, 0.3) is 0 Å². The minimum atomic E-state index is -0.966. The number of pyridine rings is 2. The van der Waals surface area contributed by atoms with Crippen LogP contribution in [0.5, 0.6) is 0 Å². The number of ether oxygens (including phenoxy) is 2. The Morgan fingerprint density at radius 2 is 1.88 bits per heavy atom. The van der Waals surface area contributed by atoms with Crippen LogP contribution in [0.25, 0.3) is 11.4 Å². The summed E-state index contributed by atoms with van der Waals surface area (Å²) in [6.45, 7) is 6.75. The van der Waals surface area contributed by atoms with Crippen molar-refractivity contribution in [2.45, 2.75) is 39.4 Å². The second-order valence-corrected chi connectivity index (χ2v) is 8.61. The lowest BCUT2D eigenvalue weighted by molar-refractivity contribution is 0.0635. The summed E-state index contributed by atoms with van der Waals surface area (Å²) >= 11 is 5.85. The fourth-order valence-electron chi connectivity index (χ4n) is 2.77. The Labute approximate surface area is 199 Å². The summed E-state index contributed by atoms with van der Waals surface area (Å²) in [5.74, 6) is -0.598. The van der Waals surface area contributed by atoms with Gasteiger partial charge in [0.05, 0.1) is 22.6 Å². The molecule has 0 aromatic carbocycles. The molecule has 2 amide bonds. The third-order valence-corrected chi connectivity index (χ3v) is 4.46. The van der Waals surface area contributed by atoms with E-state index in [9.17, 15) is 14.0 Å². The van der Waals surface area contributed by atoms with E-state index in [4.69, 9.17) is 21.1 Å². The highest BCUT2D eigenvalue weighted by molar-refractivity contribution is 6.30. The Morgan fingerprint density at radius 3 is 2.53 bits per heavy atom. The minimum Gasteiger partial charge on any atom is -0.444 e.